The van der Waals surface area contributed by atoms with E-state index in [0.29, 0.717) is 6.61 Å². The highest BCUT2D eigenvalue weighted by atomic mass is 79.9. The van der Waals surface area contributed by atoms with Crippen LogP contribution in [0.25, 0.3) is 0 Å². The number of hydrogen-bond donors (Lipinski definition) is 0. The predicted molar refractivity (Wildman–Crippen MR) is 67.3 cm³/mol. The van der Waals surface area contributed by atoms with Crippen LogP contribution in [0.2, 0.25) is 0 Å². The summed E-state index contributed by atoms with van der Waals surface area (Å²) in [5.41, 5.74) is 0.997. The van der Waals surface area contributed by atoms with Gasteiger partial charge in [-0.2, -0.15) is 0 Å². The maximum Gasteiger partial charge on any atom is 0.123 e. The van der Waals surface area contributed by atoms with Gasteiger partial charge in [-0.1, -0.05) is 28.1 Å². The van der Waals surface area contributed by atoms with Crippen molar-refractivity contribution in [1.29, 1.82) is 0 Å². The Hall–Kier alpha value is -0.450. The summed E-state index contributed by atoms with van der Waals surface area (Å²) in [7, 11) is 1.69. The average molecular weight is 290 g/mol. The van der Waals surface area contributed by atoms with Crippen molar-refractivity contribution in [2.75, 3.05) is 32.1 Å². The molecule has 0 N–H and O–H groups in total. The van der Waals surface area contributed by atoms with E-state index in [4.69, 9.17) is 4.74 Å². The number of halogens is 2. The second-order valence-electron chi connectivity index (χ2n) is 3.59. The summed E-state index contributed by atoms with van der Waals surface area (Å²) in [5, 5.41) is 0.909. The Morgan fingerprint density at radius 2 is 2.19 bits per heavy atom. The minimum Gasteiger partial charge on any atom is -0.383 e. The fourth-order valence-electron chi connectivity index (χ4n) is 1.50. The Morgan fingerprint density at radius 3 is 2.81 bits per heavy atom. The Kier molecular flexibility index (Phi) is 6.61. The van der Waals surface area contributed by atoms with Gasteiger partial charge in [0.25, 0.3) is 0 Å². The minimum atomic E-state index is -0.178. The third-order valence-corrected chi connectivity index (χ3v) is 2.66. The molecule has 0 spiro atoms. The van der Waals surface area contributed by atoms with Gasteiger partial charge in [0.1, 0.15) is 5.82 Å². The normalized spacial score (nSPS) is 11.0. The number of alkyl halides is 1. The lowest BCUT2D eigenvalue weighted by Gasteiger charge is -2.20. The Balaban J connectivity index is 2.52. The SMILES string of the molecule is COCCN(CCBr)Cc1cccc(F)c1. The molecule has 0 saturated heterocycles. The van der Waals surface area contributed by atoms with Crippen LogP contribution in [0.15, 0.2) is 24.3 Å². The van der Waals surface area contributed by atoms with E-state index in [2.05, 4.69) is 20.8 Å². The summed E-state index contributed by atoms with van der Waals surface area (Å²) in [6.07, 6.45) is 0. The molecule has 0 heterocycles. The zero-order valence-corrected chi connectivity index (χ0v) is 11.0. The van der Waals surface area contributed by atoms with Crippen molar-refractivity contribution in [3.05, 3.63) is 35.6 Å². The van der Waals surface area contributed by atoms with Crippen LogP contribution < -0.4 is 0 Å². The van der Waals surface area contributed by atoms with Crippen LogP contribution in [0.3, 0.4) is 0 Å². The molecule has 2 nitrogen and oxygen atoms in total. The van der Waals surface area contributed by atoms with E-state index in [1.54, 1.807) is 19.2 Å². The van der Waals surface area contributed by atoms with Crippen LogP contribution in [0.5, 0.6) is 0 Å². The van der Waals surface area contributed by atoms with Crippen molar-refractivity contribution in [3.63, 3.8) is 0 Å². The first-order chi connectivity index (χ1) is 7.76. The van der Waals surface area contributed by atoms with E-state index in [0.717, 1.165) is 30.5 Å². The number of ether oxygens (including phenoxy) is 1. The van der Waals surface area contributed by atoms with E-state index >= 15 is 0 Å². The fraction of sp³-hybridized carbons (Fsp3) is 0.500. The molecule has 1 aromatic rings. The van der Waals surface area contributed by atoms with Crippen molar-refractivity contribution in [1.82, 2.24) is 4.90 Å². The first-order valence-electron chi connectivity index (χ1n) is 5.28. The van der Waals surface area contributed by atoms with Crippen molar-refractivity contribution >= 4 is 15.9 Å². The highest BCUT2D eigenvalue weighted by molar-refractivity contribution is 9.09. The molecule has 0 bridgehead atoms. The van der Waals surface area contributed by atoms with E-state index in [1.165, 1.54) is 6.07 Å². The largest absolute Gasteiger partial charge is 0.383 e. The molecule has 16 heavy (non-hydrogen) atoms. The molecule has 0 aromatic heterocycles. The molecular weight excluding hydrogens is 273 g/mol. The fourth-order valence-corrected chi connectivity index (χ4v) is 2.00. The first kappa shape index (κ1) is 13.6. The zero-order chi connectivity index (χ0) is 11.8. The molecule has 4 heteroatoms. The van der Waals surface area contributed by atoms with Gasteiger partial charge in [0.2, 0.25) is 0 Å². The standard InChI is InChI=1S/C12H17BrFNO/c1-16-8-7-15(6-5-13)10-11-3-2-4-12(14)9-11/h2-4,9H,5-8,10H2,1H3. The smallest absolute Gasteiger partial charge is 0.123 e. The number of hydrogen-bond acceptors (Lipinski definition) is 2. The third-order valence-electron chi connectivity index (χ3n) is 2.31. The van der Waals surface area contributed by atoms with Gasteiger partial charge in [-0.25, -0.2) is 4.39 Å². The van der Waals surface area contributed by atoms with Gasteiger partial charge in [0.05, 0.1) is 6.61 Å². The Bertz CT molecular complexity index is 309. The number of nitrogens with zero attached hydrogens (tertiary/aromatic N) is 1. The van der Waals surface area contributed by atoms with E-state index in [1.807, 2.05) is 6.07 Å². The van der Waals surface area contributed by atoms with Crippen molar-refractivity contribution < 1.29 is 9.13 Å². The second-order valence-corrected chi connectivity index (χ2v) is 4.38. The lowest BCUT2D eigenvalue weighted by Crippen LogP contribution is -2.28. The highest BCUT2D eigenvalue weighted by Gasteiger charge is 2.05. The monoisotopic (exact) mass is 289 g/mol. The predicted octanol–water partition coefficient (Wildman–Crippen LogP) is 2.67. The molecule has 0 aliphatic carbocycles. The molecule has 1 aromatic carbocycles. The number of rotatable bonds is 7. The lowest BCUT2D eigenvalue weighted by molar-refractivity contribution is 0.148. The summed E-state index contributed by atoms with van der Waals surface area (Å²) in [4.78, 5) is 2.23. The molecule has 0 radical (unpaired) electrons. The maximum atomic E-state index is 13.0. The quantitative estimate of drug-likeness (QED) is 0.716. The van der Waals surface area contributed by atoms with E-state index < -0.39 is 0 Å². The third kappa shape index (κ3) is 5.05. The van der Waals surface area contributed by atoms with Crippen LogP contribution in [-0.2, 0) is 11.3 Å². The molecule has 0 amide bonds. The van der Waals surface area contributed by atoms with Gasteiger partial charge in [0.15, 0.2) is 0 Å². The van der Waals surface area contributed by atoms with Gasteiger partial charge in [0, 0.05) is 32.1 Å². The Labute approximate surface area is 105 Å². The second kappa shape index (κ2) is 7.76. The highest BCUT2D eigenvalue weighted by Crippen LogP contribution is 2.07. The molecule has 0 unspecified atom stereocenters. The van der Waals surface area contributed by atoms with Gasteiger partial charge in [-0.15, -0.1) is 0 Å². The molecule has 0 saturated carbocycles. The molecule has 90 valence electrons. The van der Waals surface area contributed by atoms with Gasteiger partial charge < -0.3 is 4.74 Å². The van der Waals surface area contributed by atoms with Crippen LogP contribution in [-0.4, -0.2) is 37.0 Å². The van der Waals surface area contributed by atoms with Crippen molar-refractivity contribution in [2.45, 2.75) is 6.54 Å². The number of benzene rings is 1. The maximum absolute atomic E-state index is 13.0. The molecule has 0 aliphatic rings. The summed E-state index contributed by atoms with van der Waals surface area (Å²) >= 11 is 3.41. The molecule has 1 rings (SSSR count). The van der Waals surface area contributed by atoms with Crippen molar-refractivity contribution in [2.24, 2.45) is 0 Å². The zero-order valence-electron chi connectivity index (χ0n) is 9.46. The molecule has 0 atom stereocenters. The Morgan fingerprint density at radius 1 is 1.38 bits per heavy atom. The van der Waals surface area contributed by atoms with Crippen molar-refractivity contribution in [3.8, 4) is 0 Å². The van der Waals surface area contributed by atoms with E-state index in [9.17, 15) is 4.39 Å². The van der Waals surface area contributed by atoms with Crippen LogP contribution in [0, 0.1) is 5.82 Å². The van der Waals surface area contributed by atoms with Gasteiger partial charge >= 0.3 is 0 Å². The van der Waals surface area contributed by atoms with Crippen LogP contribution in [0.4, 0.5) is 4.39 Å². The average Bonchev–Trinajstić information content (AvgIpc) is 2.26. The summed E-state index contributed by atoms with van der Waals surface area (Å²) in [5.74, 6) is -0.178. The summed E-state index contributed by atoms with van der Waals surface area (Å²) < 4.78 is 18.1. The summed E-state index contributed by atoms with van der Waals surface area (Å²) in [6.45, 7) is 3.24. The molecular formula is C12H17BrFNO. The van der Waals surface area contributed by atoms with Gasteiger partial charge in [-0.05, 0) is 17.7 Å². The van der Waals surface area contributed by atoms with Crippen LogP contribution in [0.1, 0.15) is 5.56 Å². The molecule has 0 fully saturated rings. The van der Waals surface area contributed by atoms with E-state index in [-0.39, 0.29) is 5.82 Å². The summed E-state index contributed by atoms with van der Waals surface area (Å²) in [6, 6.07) is 6.73. The van der Waals surface area contributed by atoms with Gasteiger partial charge in [-0.3, -0.25) is 4.90 Å². The molecule has 0 aliphatic heterocycles. The minimum absolute atomic E-state index is 0.178. The number of methoxy groups -OCH3 is 1. The van der Waals surface area contributed by atoms with Crippen LogP contribution >= 0.6 is 15.9 Å². The first-order valence-corrected chi connectivity index (χ1v) is 6.40. The lowest BCUT2D eigenvalue weighted by atomic mass is 10.2. The topological polar surface area (TPSA) is 12.5 Å².